The highest BCUT2D eigenvalue weighted by atomic mass is 16.3. The van der Waals surface area contributed by atoms with E-state index in [0.29, 0.717) is 31.6 Å². The first-order valence-electron chi connectivity index (χ1n) is 7.76. The van der Waals surface area contributed by atoms with Gasteiger partial charge >= 0.3 is 5.69 Å². The summed E-state index contributed by atoms with van der Waals surface area (Å²) in [7, 11) is 0. The Morgan fingerprint density at radius 2 is 2.04 bits per heavy atom. The van der Waals surface area contributed by atoms with Crippen molar-refractivity contribution in [2.24, 2.45) is 0 Å². The molecule has 0 saturated carbocycles. The zero-order valence-electron chi connectivity index (χ0n) is 13.0. The first-order valence-corrected chi connectivity index (χ1v) is 7.76. The number of likely N-dealkylation sites (tertiary alicyclic amines) is 1. The molecular weight excluding hydrogens is 312 g/mol. The van der Waals surface area contributed by atoms with E-state index in [9.17, 15) is 19.5 Å². The summed E-state index contributed by atoms with van der Waals surface area (Å²) in [6.45, 7) is 0.770. The summed E-state index contributed by atoms with van der Waals surface area (Å²) >= 11 is 0. The van der Waals surface area contributed by atoms with Gasteiger partial charge in [0.2, 0.25) is 0 Å². The summed E-state index contributed by atoms with van der Waals surface area (Å²) in [4.78, 5) is 45.1. The van der Waals surface area contributed by atoms with Gasteiger partial charge in [0.15, 0.2) is 0 Å². The second-order valence-corrected chi connectivity index (χ2v) is 5.74. The van der Waals surface area contributed by atoms with Gasteiger partial charge in [0, 0.05) is 25.5 Å². The van der Waals surface area contributed by atoms with E-state index in [1.807, 2.05) is 0 Å². The van der Waals surface area contributed by atoms with Gasteiger partial charge in [0.25, 0.3) is 11.5 Å². The Balaban J connectivity index is 1.90. The number of pyridine rings is 1. The molecule has 1 aliphatic rings. The van der Waals surface area contributed by atoms with Gasteiger partial charge in [-0.05, 0) is 25.0 Å². The molecule has 2 aromatic rings. The number of piperidine rings is 1. The number of nitrogens with zero attached hydrogens (tertiary/aromatic N) is 3. The molecule has 0 radical (unpaired) electrons. The van der Waals surface area contributed by atoms with Crippen LogP contribution in [0.1, 0.15) is 28.9 Å². The summed E-state index contributed by atoms with van der Waals surface area (Å²) in [5.41, 5.74) is -0.755. The van der Waals surface area contributed by atoms with Crippen molar-refractivity contribution < 1.29 is 9.90 Å². The van der Waals surface area contributed by atoms with Crippen LogP contribution in [0.2, 0.25) is 0 Å². The van der Waals surface area contributed by atoms with Crippen molar-refractivity contribution in [3.63, 3.8) is 0 Å². The zero-order valence-corrected chi connectivity index (χ0v) is 13.0. The van der Waals surface area contributed by atoms with Gasteiger partial charge in [-0.3, -0.25) is 19.1 Å². The average Bonchev–Trinajstić information content (AvgIpc) is 2.60. The molecule has 0 aromatic carbocycles. The van der Waals surface area contributed by atoms with Crippen molar-refractivity contribution in [2.75, 3.05) is 13.1 Å². The maximum Gasteiger partial charge on any atom is 0.328 e. The number of rotatable bonds is 3. The van der Waals surface area contributed by atoms with Gasteiger partial charge in [0.05, 0.1) is 18.3 Å². The number of carbonyl (C=O) groups is 1. The van der Waals surface area contributed by atoms with Gasteiger partial charge in [-0.2, -0.15) is 0 Å². The van der Waals surface area contributed by atoms with E-state index in [0.717, 1.165) is 10.8 Å². The third-order valence-corrected chi connectivity index (χ3v) is 4.09. The fourth-order valence-corrected chi connectivity index (χ4v) is 2.70. The summed E-state index contributed by atoms with van der Waals surface area (Å²) in [6, 6.07) is 5.20. The van der Waals surface area contributed by atoms with Gasteiger partial charge in [-0.15, -0.1) is 0 Å². The summed E-state index contributed by atoms with van der Waals surface area (Å²) in [5, 5.41) is 9.52. The number of amides is 1. The smallest absolute Gasteiger partial charge is 0.328 e. The highest BCUT2D eigenvalue weighted by Gasteiger charge is 2.25. The van der Waals surface area contributed by atoms with Crippen molar-refractivity contribution in [2.45, 2.75) is 25.5 Å². The van der Waals surface area contributed by atoms with Crippen LogP contribution in [0.15, 0.2) is 40.2 Å². The maximum absolute atomic E-state index is 12.6. The Labute approximate surface area is 137 Å². The minimum absolute atomic E-state index is 0.00512. The predicted octanol–water partition coefficient (Wildman–Crippen LogP) is -0.423. The van der Waals surface area contributed by atoms with E-state index in [1.54, 1.807) is 24.4 Å². The van der Waals surface area contributed by atoms with Crippen LogP contribution < -0.4 is 11.2 Å². The topological polar surface area (TPSA) is 108 Å². The molecule has 8 heteroatoms. The third kappa shape index (κ3) is 3.28. The van der Waals surface area contributed by atoms with E-state index in [-0.39, 0.29) is 12.1 Å². The number of carbonyl (C=O) groups excluding carboxylic acids is 1. The lowest BCUT2D eigenvalue weighted by molar-refractivity contribution is 0.0544. The molecule has 3 heterocycles. The number of hydrogen-bond donors (Lipinski definition) is 2. The van der Waals surface area contributed by atoms with Crippen LogP contribution in [0.25, 0.3) is 0 Å². The van der Waals surface area contributed by atoms with Crippen LogP contribution in [0.3, 0.4) is 0 Å². The third-order valence-electron chi connectivity index (χ3n) is 4.09. The lowest BCUT2D eigenvalue weighted by Gasteiger charge is -2.29. The minimum atomic E-state index is -0.638. The van der Waals surface area contributed by atoms with Crippen LogP contribution in [0.5, 0.6) is 0 Å². The molecule has 0 spiro atoms. The zero-order chi connectivity index (χ0) is 17.1. The largest absolute Gasteiger partial charge is 0.393 e. The van der Waals surface area contributed by atoms with Crippen LogP contribution in [0.4, 0.5) is 0 Å². The van der Waals surface area contributed by atoms with E-state index >= 15 is 0 Å². The van der Waals surface area contributed by atoms with Crippen molar-refractivity contribution in [1.29, 1.82) is 0 Å². The van der Waals surface area contributed by atoms with Crippen molar-refractivity contribution >= 4 is 5.91 Å². The average molecular weight is 330 g/mol. The fourth-order valence-electron chi connectivity index (χ4n) is 2.70. The van der Waals surface area contributed by atoms with Crippen LogP contribution >= 0.6 is 0 Å². The number of aromatic nitrogens is 3. The van der Waals surface area contributed by atoms with Gasteiger partial charge in [-0.1, -0.05) is 6.07 Å². The predicted molar refractivity (Wildman–Crippen MR) is 85.8 cm³/mol. The van der Waals surface area contributed by atoms with E-state index in [4.69, 9.17) is 0 Å². The van der Waals surface area contributed by atoms with Crippen LogP contribution in [0, 0.1) is 0 Å². The Morgan fingerprint density at radius 3 is 2.71 bits per heavy atom. The Kier molecular flexibility index (Phi) is 4.57. The highest BCUT2D eigenvalue weighted by Crippen LogP contribution is 2.11. The fraction of sp³-hybridized carbons (Fsp3) is 0.375. The molecule has 126 valence electrons. The first kappa shape index (κ1) is 16.1. The first-order chi connectivity index (χ1) is 11.6. The molecule has 1 aliphatic heterocycles. The molecule has 0 bridgehead atoms. The van der Waals surface area contributed by atoms with E-state index in [1.165, 1.54) is 4.90 Å². The summed E-state index contributed by atoms with van der Waals surface area (Å²) in [5.74, 6) is -0.432. The molecule has 0 aliphatic carbocycles. The van der Waals surface area contributed by atoms with Gasteiger partial charge < -0.3 is 15.0 Å². The normalized spacial score (nSPS) is 15.5. The van der Waals surface area contributed by atoms with Crippen LogP contribution in [-0.4, -0.2) is 49.6 Å². The lowest BCUT2D eigenvalue weighted by Crippen LogP contribution is -2.45. The van der Waals surface area contributed by atoms with E-state index in [2.05, 4.69) is 9.97 Å². The SMILES string of the molecule is O=C(c1c[nH]c(=O)n(Cc2ccccn2)c1=O)N1CCC(O)CC1. The molecule has 1 saturated heterocycles. The number of aliphatic hydroxyl groups is 1. The van der Waals surface area contributed by atoms with Gasteiger partial charge in [0.1, 0.15) is 5.56 Å². The second-order valence-electron chi connectivity index (χ2n) is 5.74. The standard InChI is InChI=1S/C16H18N4O4/c21-12-4-7-19(8-5-12)14(22)13-9-18-16(24)20(15(13)23)10-11-3-1-2-6-17-11/h1-3,6,9,12,21H,4-5,7-8,10H2,(H,18,24). The number of aliphatic hydroxyl groups excluding tert-OH is 1. The molecule has 1 amide bonds. The number of hydrogen-bond acceptors (Lipinski definition) is 5. The quantitative estimate of drug-likeness (QED) is 0.794. The Bertz CT molecular complexity index is 835. The molecule has 1 fully saturated rings. The molecule has 24 heavy (non-hydrogen) atoms. The van der Waals surface area contributed by atoms with Crippen LogP contribution in [-0.2, 0) is 6.54 Å². The molecule has 2 N–H and O–H groups in total. The highest BCUT2D eigenvalue weighted by molar-refractivity contribution is 5.93. The number of aromatic amines is 1. The Morgan fingerprint density at radius 1 is 1.29 bits per heavy atom. The molecule has 8 nitrogen and oxygen atoms in total. The van der Waals surface area contributed by atoms with Crippen molar-refractivity contribution in [3.8, 4) is 0 Å². The summed E-state index contributed by atoms with van der Waals surface area (Å²) in [6.07, 6.45) is 3.29. The molecule has 0 atom stereocenters. The summed E-state index contributed by atoms with van der Waals surface area (Å²) < 4.78 is 0.967. The Hall–Kier alpha value is -2.74. The minimum Gasteiger partial charge on any atom is -0.393 e. The maximum atomic E-state index is 12.6. The van der Waals surface area contributed by atoms with E-state index < -0.39 is 23.3 Å². The molecule has 0 unspecified atom stereocenters. The second kappa shape index (κ2) is 6.79. The molecule has 2 aromatic heterocycles. The monoisotopic (exact) mass is 330 g/mol. The molecule has 3 rings (SSSR count). The number of H-pyrrole nitrogens is 1. The number of nitrogens with one attached hydrogen (secondary N) is 1. The van der Waals surface area contributed by atoms with Crippen molar-refractivity contribution in [1.82, 2.24) is 19.4 Å². The lowest BCUT2D eigenvalue weighted by atomic mass is 10.1. The van der Waals surface area contributed by atoms with Crippen molar-refractivity contribution in [3.05, 3.63) is 62.7 Å². The molecular formula is C16H18N4O4. The van der Waals surface area contributed by atoms with Gasteiger partial charge in [-0.25, -0.2) is 4.79 Å².